The molecule has 6 heteroatoms. The van der Waals surface area contributed by atoms with E-state index in [4.69, 9.17) is 5.11 Å². The van der Waals surface area contributed by atoms with Gasteiger partial charge in [-0.2, -0.15) is 0 Å². The van der Waals surface area contributed by atoms with Gasteiger partial charge in [0.05, 0.1) is 0 Å². The molecule has 0 saturated heterocycles. The van der Waals surface area contributed by atoms with Gasteiger partial charge in [-0.15, -0.1) is 0 Å². The van der Waals surface area contributed by atoms with Gasteiger partial charge in [0, 0.05) is 30.9 Å². The second kappa shape index (κ2) is 5.19. The Labute approximate surface area is 109 Å². The van der Waals surface area contributed by atoms with E-state index in [2.05, 4.69) is 10.3 Å². The quantitative estimate of drug-likeness (QED) is 0.725. The normalized spacial score (nSPS) is 22.0. The smallest absolute Gasteiger partial charge is 0.331 e. The lowest BCUT2D eigenvalue weighted by Crippen LogP contribution is -2.50. The molecule has 1 heterocycles. The van der Waals surface area contributed by atoms with E-state index in [0.29, 0.717) is 6.54 Å². The molecule has 0 aliphatic heterocycles. The van der Waals surface area contributed by atoms with Gasteiger partial charge in [-0.1, -0.05) is 12.1 Å². The number of nitrogens with zero attached hydrogens (tertiary/aromatic N) is 1. The van der Waals surface area contributed by atoms with Crippen molar-refractivity contribution >= 4 is 11.9 Å². The fourth-order valence-corrected chi connectivity index (χ4v) is 2.08. The van der Waals surface area contributed by atoms with Gasteiger partial charge in [0.15, 0.2) is 0 Å². The van der Waals surface area contributed by atoms with Crippen LogP contribution in [0.1, 0.15) is 18.4 Å². The van der Waals surface area contributed by atoms with Gasteiger partial charge in [-0.05, 0) is 18.1 Å². The number of nitrogens with one attached hydrogen (secondary N) is 1. The summed E-state index contributed by atoms with van der Waals surface area (Å²) in [6.45, 7) is 0.334. The first-order valence-electron chi connectivity index (χ1n) is 5.83. The van der Waals surface area contributed by atoms with E-state index in [1.54, 1.807) is 18.5 Å². The molecule has 1 aliphatic rings. The fourth-order valence-electron chi connectivity index (χ4n) is 2.08. The Hall–Kier alpha value is -2.21. The first-order chi connectivity index (χ1) is 9.03. The van der Waals surface area contributed by atoms with Crippen molar-refractivity contribution in [3.63, 3.8) is 0 Å². The zero-order valence-corrected chi connectivity index (χ0v) is 10.2. The third kappa shape index (κ3) is 2.79. The molecule has 2 rings (SSSR count). The molecule has 0 amide bonds. The highest BCUT2D eigenvalue weighted by Crippen LogP contribution is 2.30. The number of aliphatic carboxylic acids is 2. The van der Waals surface area contributed by atoms with Crippen molar-refractivity contribution in [2.45, 2.75) is 24.9 Å². The summed E-state index contributed by atoms with van der Waals surface area (Å²) in [6, 6.07) is 3.59. The van der Waals surface area contributed by atoms with Crippen LogP contribution >= 0.6 is 0 Å². The molecule has 0 bridgehead atoms. The number of carbonyl (C=O) groups is 2. The second-order valence-corrected chi connectivity index (χ2v) is 4.52. The highest BCUT2D eigenvalue weighted by Gasteiger charge is 2.43. The van der Waals surface area contributed by atoms with Crippen molar-refractivity contribution in [1.29, 1.82) is 0 Å². The summed E-state index contributed by atoms with van der Waals surface area (Å²) in [6.07, 6.45) is 4.90. The second-order valence-electron chi connectivity index (χ2n) is 4.52. The fraction of sp³-hybridized carbons (Fsp3) is 0.308. The van der Waals surface area contributed by atoms with Crippen LogP contribution in [-0.4, -0.2) is 32.7 Å². The van der Waals surface area contributed by atoms with Crippen LogP contribution in [0.2, 0.25) is 0 Å². The van der Waals surface area contributed by atoms with Gasteiger partial charge >= 0.3 is 11.9 Å². The molecule has 1 aromatic rings. The predicted octanol–water partition coefficient (Wildman–Crippen LogP) is 0.799. The number of hydrogen-bond donors (Lipinski definition) is 3. The average Bonchev–Trinajstić information content (AvgIpc) is 2.84. The van der Waals surface area contributed by atoms with Crippen LogP contribution in [0.25, 0.3) is 0 Å². The topological polar surface area (TPSA) is 99.5 Å². The minimum absolute atomic E-state index is 0.0159. The van der Waals surface area contributed by atoms with Crippen LogP contribution in [0.3, 0.4) is 0 Å². The van der Waals surface area contributed by atoms with Gasteiger partial charge < -0.3 is 10.2 Å². The number of pyridine rings is 1. The Kier molecular flexibility index (Phi) is 3.62. The molecule has 0 aromatic carbocycles. The number of hydrogen-bond acceptors (Lipinski definition) is 4. The number of carboxylic acids is 2. The molecular weight excluding hydrogens is 248 g/mol. The van der Waals surface area contributed by atoms with Crippen molar-refractivity contribution in [3.05, 3.63) is 41.7 Å². The summed E-state index contributed by atoms with van der Waals surface area (Å²) in [5.41, 5.74) is -0.239. The van der Waals surface area contributed by atoms with Crippen molar-refractivity contribution in [1.82, 2.24) is 10.3 Å². The van der Waals surface area contributed by atoms with Gasteiger partial charge in [0.1, 0.15) is 5.54 Å². The minimum Gasteiger partial charge on any atom is -0.480 e. The summed E-state index contributed by atoms with van der Waals surface area (Å²) in [4.78, 5) is 26.2. The molecule has 3 N–H and O–H groups in total. The molecular formula is C13H14N2O4. The Morgan fingerprint density at radius 2 is 2.21 bits per heavy atom. The zero-order valence-electron chi connectivity index (χ0n) is 10.2. The highest BCUT2D eigenvalue weighted by atomic mass is 16.4. The van der Waals surface area contributed by atoms with Crippen molar-refractivity contribution < 1.29 is 19.8 Å². The monoisotopic (exact) mass is 262 g/mol. The van der Waals surface area contributed by atoms with Gasteiger partial charge in [-0.25, -0.2) is 4.79 Å². The molecule has 0 saturated carbocycles. The lowest BCUT2D eigenvalue weighted by molar-refractivity contribution is -0.144. The van der Waals surface area contributed by atoms with Crippen LogP contribution in [0, 0.1) is 0 Å². The Bertz CT molecular complexity index is 527. The van der Waals surface area contributed by atoms with Crippen molar-refractivity contribution in [3.8, 4) is 0 Å². The Morgan fingerprint density at radius 1 is 1.42 bits per heavy atom. The lowest BCUT2D eigenvalue weighted by Gasteiger charge is -2.25. The molecule has 19 heavy (non-hydrogen) atoms. The zero-order chi connectivity index (χ0) is 13.9. The summed E-state index contributed by atoms with van der Waals surface area (Å²) in [5.74, 6) is -2.10. The van der Waals surface area contributed by atoms with E-state index in [-0.39, 0.29) is 18.4 Å². The molecule has 6 nitrogen and oxygen atoms in total. The minimum atomic E-state index is -1.23. The van der Waals surface area contributed by atoms with Gasteiger partial charge in [-0.3, -0.25) is 15.1 Å². The summed E-state index contributed by atoms with van der Waals surface area (Å²) in [5, 5.41) is 21.2. The van der Waals surface area contributed by atoms with E-state index >= 15 is 0 Å². The van der Waals surface area contributed by atoms with E-state index in [1.165, 1.54) is 6.08 Å². The number of rotatable bonds is 5. The van der Waals surface area contributed by atoms with Crippen LogP contribution in [0.4, 0.5) is 0 Å². The lowest BCUT2D eigenvalue weighted by atomic mass is 9.94. The van der Waals surface area contributed by atoms with E-state index in [0.717, 1.165) is 5.56 Å². The first kappa shape index (κ1) is 13.2. The molecule has 0 fully saturated rings. The predicted molar refractivity (Wildman–Crippen MR) is 66.4 cm³/mol. The van der Waals surface area contributed by atoms with Crippen molar-refractivity contribution in [2.75, 3.05) is 0 Å². The molecule has 0 radical (unpaired) electrons. The standard InChI is InChI=1S/C13H14N2O4/c16-11(17)10-3-4-13(6-10,12(18)19)15-8-9-2-1-5-14-7-9/h1-3,5,7,15H,4,6,8H2,(H,16,17)(H,18,19)/t13-/m0/s1. The average molecular weight is 262 g/mol. The van der Waals surface area contributed by atoms with Crippen LogP contribution in [-0.2, 0) is 16.1 Å². The van der Waals surface area contributed by atoms with E-state index in [9.17, 15) is 14.7 Å². The number of aromatic nitrogens is 1. The van der Waals surface area contributed by atoms with E-state index in [1.807, 2.05) is 6.07 Å². The molecule has 0 unspecified atom stereocenters. The Balaban J connectivity index is 2.07. The molecule has 1 aromatic heterocycles. The third-order valence-corrected chi connectivity index (χ3v) is 3.23. The molecule has 100 valence electrons. The SMILES string of the molecule is O=C(O)C1=CC[C@@](NCc2cccnc2)(C(=O)O)C1. The van der Waals surface area contributed by atoms with Crippen molar-refractivity contribution in [2.24, 2.45) is 0 Å². The molecule has 1 atom stereocenters. The van der Waals surface area contributed by atoms with Crippen LogP contribution < -0.4 is 5.32 Å². The molecule has 1 aliphatic carbocycles. The van der Waals surface area contributed by atoms with E-state index < -0.39 is 17.5 Å². The third-order valence-electron chi connectivity index (χ3n) is 3.23. The largest absolute Gasteiger partial charge is 0.480 e. The maximum atomic E-state index is 11.4. The molecule has 0 spiro atoms. The Morgan fingerprint density at radius 3 is 2.74 bits per heavy atom. The summed E-state index contributed by atoms with van der Waals surface area (Å²) < 4.78 is 0. The maximum Gasteiger partial charge on any atom is 0.331 e. The van der Waals surface area contributed by atoms with Crippen LogP contribution in [0.15, 0.2) is 36.2 Å². The summed E-state index contributed by atoms with van der Waals surface area (Å²) >= 11 is 0. The highest BCUT2D eigenvalue weighted by molar-refractivity contribution is 5.91. The maximum absolute atomic E-state index is 11.4. The van der Waals surface area contributed by atoms with Crippen LogP contribution in [0.5, 0.6) is 0 Å². The summed E-state index contributed by atoms with van der Waals surface area (Å²) in [7, 11) is 0. The van der Waals surface area contributed by atoms with Gasteiger partial charge in [0.25, 0.3) is 0 Å². The number of carboxylic acid groups (broad SMARTS) is 2. The first-order valence-corrected chi connectivity index (χ1v) is 5.83. The van der Waals surface area contributed by atoms with Gasteiger partial charge in [0.2, 0.25) is 0 Å².